The van der Waals surface area contributed by atoms with Gasteiger partial charge in [-0.1, -0.05) is 36.4 Å². The maximum atomic E-state index is 12.7. The zero-order valence-corrected chi connectivity index (χ0v) is 15.3. The first-order valence-electron chi connectivity index (χ1n) is 8.90. The molecular formula is C21H23N3O3. The van der Waals surface area contributed by atoms with Gasteiger partial charge in [0.05, 0.1) is 13.5 Å². The first kappa shape index (κ1) is 18.5. The van der Waals surface area contributed by atoms with Crippen molar-refractivity contribution in [3.63, 3.8) is 0 Å². The largest absolute Gasteiger partial charge is 0.469 e. The van der Waals surface area contributed by atoms with Crippen molar-refractivity contribution in [3.8, 4) is 0 Å². The van der Waals surface area contributed by atoms with E-state index in [2.05, 4.69) is 16.4 Å². The lowest BCUT2D eigenvalue weighted by Crippen LogP contribution is -2.38. The number of aromatic nitrogens is 1. The number of hydrogen-bond acceptors (Lipinski definition) is 3. The van der Waals surface area contributed by atoms with Crippen LogP contribution in [0.2, 0.25) is 0 Å². The third-order valence-corrected chi connectivity index (χ3v) is 4.45. The topological polar surface area (TPSA) is 74.4 Å². The molecule has 140 valence electrons. The highest BCUT2D eigenvalue weighted by molar-refractivity contribution is 5.89. The van der Waals surface area contributed by atoms with E-state index in [0.717, 1.165) is 22.2 Å². The fourth-order valence-corrected chi connectivity index (χ4v) is 2.96. The van der Waals surface area contributed by atoms with Gasteiger partial charge >= 0.3 is 12.0 Å². The zero-order chi connectivity index (χ0) is 19.1. The summed E-state index contributed by atoms with van der Waals surface area (Å²) in [6, 6.07) is 17.1. The number of amides is 2. The van der Waals surface area contributed by atoms with Gasteiger partial charge < -0.3 is 19.9 Å². The number of urea groups is 1. The van der Waals surface area contributed by atoms with Crippen molar-refractivity contribution in [1.82, 2.24) is 9.88 Å². The number of esters is 1. The smallest absolute Gasteiger partial charge is 0.321 e. The molecule has 6 nitrogen and oxygen atoms in total. The Kier molecular flexibility index (Phi) is 6.10. The Labute approximate surface area is 158 Å². The number of carbonyl (C=O) groups is 2. The number of anilines is 1. The lowest BCUT2D eigenvalue weighted by atomic mass is 10.1. The summed E-state index contributed by atoms with van der Waals surface area (Å²) in [5, 5.41) is 4.03. The monoisotopic (exact) mass is 365 g/mol. The molecule has 0 saturated heterocycles. The van der Waals surface area contributed by atoms with Gasteiger partial charge in [-0.25, -0.2) is 4.79 Å². The Bertz CT molecular complexity index is 905. The molecule has 0 aliphatic rings. The minimum atomic E-state index is -0.334. The Morgan fingerprint density at radius 1 is 1.04 bits per heavy atom. The minimum absolute atomic E-state index is 0.159. The summed E-state index contributed by atoms with van der Waals surface area (Å²) in [5.74, 6) is -0.334. The summed E-state index contributed by atoms with van der Waals surface area (Å²) < 4.78 is 4.70. The van der Waals surface area contributed by atoms with E-state index in [1.807, 2.05) is 54.7 Å². The molecule has 2 N–H and O–H groups in total. The van der Waals surface area contributed by atoms with E-state index in [1.165, 1.54) is 7.11 Å². The number of benzene rings is 2. The molecule has 1 heterocycles. The van der Waals surface area contributed by atoms with Gasteiger partial charge in [-0.15, -0.1) is 0 Å². The average molecular weight is 365 g/mol. The first-order chi connectivity index (χ1) is 13.2. The van der Waals surface area contributed by atoms with Gasteiger partial charge in [0.25, 0.3) is 0 Å². The second-order valence-corrected chi connectivity index (χ2v) is 6.22. The molecule has 3 rings (SSSR count). The van der Waals surface area contributed by atoms with E-state index in [1.54, 1.807) is 4.90 Å². The number of nitrogens with zero attached hydrogens (tertiary/aromatic N) is 1. The molecule has 0 radical (unpaired) electrons. The average Bonchev–Trinajstić information content (AvgIpc) is 3.11. The van der Waals surface area contributed by atoms with Crippen molar-refractivity contribution in [2.24, 2.45) is 0 Å². The van der Waals surface area contributed by atoms with Gasteiger partial charge in [-0.05, 0) is 30.2 Å². The molecule has 6 heteroatoms. The molecule has 0 fully saturated rings. The van der Waals surface area contributed by atoms with Crippen LogP contribution in [0.3, 0.4) is 0 Å². The predicted octanol–water partition coefficient (Wildman–Crippen LogP) is 3.81. The number of rotatable bonds is 7. The van der Waals surface area contributed by atoms with Crippen LogP contribution in [0, 0.1) is 0 Å². The summed E-state index contributed by atoms with van der Waals surface area (Å²) in [6.07, 6.45) is 2.82. The molecule has 2 amide bonds. The van der Waals surface area contributed by atoms with Crippen LogP contribution in [0.1, 0.15) is 12.0 Å². The molecule has 0 atom stereocenters. The third kappa shape index (κ3) is 4.88. The number of carbonyl (C=O) groups excluding carboxylic acids is 2. The zero-order valence-electron chi connectivity index (χ0n) is 15.3. The fourth-order valence-electron chi connectivity index (χ4n) is 2.96. The lowest BCUT2D eigenvalue weighted by Gasteiger charge is -2.22. The van der Waals surface area contributed by atoms with Gasteiger partial charge in [-0.3, -0.25) is 4.79 Å². The Hall–Kier alpha value is -3.28. The van der Waals surface area contributed by atoms with Crippen LogP contribution in [0.25, 0.3) is 10.9 Å². The summed E-state index contributed by atoms with van der Waals surface area (Å²) in [6.45, 7) is 0.797. The number of H-pyrrole nitrogens is 1. The summed E-state index contributed by atoms with van der Waals surface area (Å²) in [5.41, 5.74) is 2.93. The molecule has 0 aliphatic heterocycles. The van der Waals surface area contributed by atoms with Crippen LogP contribution in [0.5, 0.6) is 0 Å². The van der Waals surface area contributed by atoms with Crippen molar-refractivity contribution >= 4 is 28.6 Å². The Balaban J connectivity index is 1.68. The molecular weight excluding hydrogens is 342 g/mol. The molecule has 2 aromatic carbocycles. The van der Waals surface area contributed by atoms with Gasteiger partial charge in [-0.2, -0.15) is 0 Å². The van der Waals surface area contributed by atoms with E-state index in [9.17, 15) is 9.59 Å². The molecule has 1 aromatic heterocycles. The van der Waals surface area contributed by atoms with Crippen molar-refractivity contribution < 1.29 is 14.3 Å². The van der Waals surface area contributed by atoms with Crippen molar-refractivity contribution in [2.75, 3.05) is 25.5 Å². The SMILES string of the molecule is COC(=O)CCN(CCc1c[nH]c2ccccc12)C(=O)Nc1ccccc1. The lowest BCUT2D eigenvalue weighted by molar-refractivity contribution is -0.140. The highest BCUT2D eigenvalue weighted by Gasteiger charge is 2.16. The van der Waals surface area contributed by atoms with Gasteiger partial charge in [0, 0.05) is 35.9 Å². The van der Waals surface area contributed by atoms with E-state index in [4.69, 9.17) is 4.74 Å². The van der Waals surface area contributed by atoms with Crippen molar-refractivity contribution in [3.05, 3.63) is 66.4 Å². The molecule has 27 heavy (non-hydrogen) atoms. The standard InChI is InChI=1S/C21H23N3O3/c1-27-20(25)12-14-24(21(26)23-17-7-3-2-4-8-17)13-11-16-15-22-19-10-6-5-9-18(16)19/h2-10,15,22H,11-14H2,1H3,(H,23,26). The van der Waals surface area contributed by atoms with Crippen LogP contribution < -0.4 is 5.32 Å². The van der Waals surface area contributed by atoms with E-state index >= 15 is 0 Å². The number of ether oxygens (including phenoxy) is 1. The summed E-state index contributed by atoms with van der Waals surface area (Å²) in [7, 11) is 1.35. The van der Waals surface area contributed by atoms with Crippen LogP contribution in [-0.2, 0) is 16.0 Å². The highest BCUT2D eigenvalue weighted by atomic mass is 16.5. The number of fused-ring (bicyclic) bond motifs is 1. The second kappa shape index (κ2) is 8.89. The van der Waals surface area contributed by atoms with E-state index in [0.29, 0.717) is 19.5 Å². The summed E-state index contributed by atoms with van der Waals surface area (Å²) in [4.78, 5) is 29.1. The number of para-hydroxylation sites is 2. The first-order valence-corrected chi connectivity index (χ1v) is 8.90. The quantitative estimate of drug-likeness (QED) is 0.625. The number of nitrogens with one attached hydrogen (secondary N) is 2. The Morgan fingerprint density at radius 2 is 1.78 bits per heavy atom. The maximum absolute atomic E-state index is 12.7. The fraction of sp³-hybridized carbons (Fsp3) is 0.238. The molecule has 0 unspecified atom stereocenters. The van der Waals surface area contributed by atoms with E-state index < -0.39 is 0 Å². The van der Waals surface area contributed by atoms with Crippen LogP contribution >= 0.6 is 0 Å². The van der Waals surface area contributed by atoms with Gasteiger partial charge in [0.2, 0.25) is 0 Å². The maximum Gasteiger partial charge on any atom is 0.321 e. The van der Waals surface area contributed by atoms with E-state index in [-0.39, 0.29) is 18.4 Å². The van der Waals surface area contributed by atoms with Crippen LogP contribution in [-0.4, -0.2) is 42.1 Å². The molecule has 0 aliphatic carbocycles. The number of hydrogen-bond donors (Lipinski definition) is 2. The minimum Gasteiger partial charge on any atom is -0.469 e. The molecule has 0 spiro atoms. The molecule has 0 bridgehead atoms. The number of methoxy groups -OCH3 is 1. The normalized spacial score (nSPS) is 10.6. The Morgan fingerprint density at radius 3 is 2.56 bits per heavy atom. The molecule has 0 saturated carbocycles. The van der Waals surface area contributed by atoms with Crippen LogP contribution in [0.15, 0.2) is 60.8 Å². The van der Waals surface area contributed by atoms with Crippen LogP contribution in [0.4, 0.5) is 10.5 Å². The predicted molar refractivity (Wildman–Crippen MR) is 106 cm³/mol. The van der Waals surface area contributed by atoms with Crippen molar-refractivity contribution in [1.29, 1.82) is 0 Å². The third-order valence-electron chi connectivity index (χ3n) is 4.45. The molecule has 3 aromatic rings. The highest BCUT2D eigenvalue weighted by Crippen LogP contribution is 2.18. The summed E-state index contributed by atoms with van der Waals surface area (Å²) >= 11 is 0. The second-order valence-electron chi connectivity index (χ2n) is 6.22. The number of aromatic amines is 1. The van der Waals surface area contributed by atoms with Gasteiger partial charge in [0.15, 0.2) is 0 Å². The van der Waals surface area contributed by atoms with Gasteiger partial charge in [0.1, 0.15) is 0 Å². The van der Waals surface area contributed by atoms with Crippen molar-refractivity contribution in [2.45, 2.75) is 12.8 Å².